The van der Waals surface area contributed by atoms with Crippen molar-refractivity contribution in [2.45, 2.75) is 44.2 Å². The highest BCUT2D eigenvalue weighted by molar-refractivity contribution is 5.83. The zero-order chi connectivity index (χ0) is 16.5. The topological polar surface area (TPSA) is 62.4 Å². The molecule has 1 saturated heterocycles. The molecule has 2 aliphatic rings. The Hall–Kier alpha value is -2.14. The van der Waals surface area contributed by atoms with Crippen molar-refractivity contribution < 1.29 is 9.53 Å². The molecule has 1 aliphatic carbocycles. The smallest absolute Gasteiger partial charge is 0.252 e. The number of aromatic amines is 1. The molecule has 1 saturated carbocycles. The van der Waals surface area contributed by atoms with E-state index in [1.54, 1.807) is 0 Å². The van der Waals surface area contributed by atoms with Crippen LogP contribution in [0.2, 0.25) is 0 Å². The summed E-state index contributed by atoms with van der Waals surface area (Å²) in [5.41, 5.74) is 1.17. The molecule has 0 bridgehead atoms. The van der Waals surface area contributed by atoms with Crippen LogP contribution in [0.3, 0.4) is 0 Å². The van der Waals surface area contributed by atoms with Crippen molar-refractivity contribution in [2.24, 2.45) is 0 Å². The predicted octanol–water partition coefficient (Wildman–Crippen LogP) is 2.24. The number of aromatic nitrogens is 1. The third kappa shape index (κ3) is 2.84. The predicted molar refractivity (Wildman–Crippen MR) is 92.0 cm³/mol. The van der Waals surface area contributed by atoms with Crippen molar-refractivity contribution in [3.63, 3.8) is 0 Å². The van der Waals surface area contributed by atoms with Gasteiger partial charge < -0.3 is 14.6 Å². The van der Waals surface area contributed by atoms with Gasteiger partial charge in [-0.1, -0.05) is 31.0 Å². The quantitative estimate of drug-likeness (QED) is 0.920. The Labute approximate surface area is 140 Å². The number of nitrogens with one attached hydrogen (secondary N) is 1. The standard InChI is InChI=1S/C19H22N2O3/c22-18(21-9-10-24-17-8-4-3-7-16(17)21)12-14-11-13-5-1-2-6-15(13)20-19(14)23/h1-2,5-6,11,16-17H,3-4,7-10,12H2,(H,20,23)/t16-,17-/m0/s1. The Morgan fingerprint density at radius 3 is 3.00 bits per heavy atom. The van der Waals surface area contributed by atoms with Crippen molar-refractivity contribution >= 4 is 16.8 Å². The lowest BCUT2D eigenvalue weighted by Gasteiger charge is -2.43. The number of hydrogen-bond acceptors (Lipinski definition) is 3. The number of amides is 1. The summed E-state index contributed by atoms with van der Waals surface area (Å²) in [6, 6.07) is 9.66. The van der Waals surface area contributed by atoms with Crippen molar-refractivity contribution in [1.29, 1.82) is 0 Å². The minimum atomic E-state index is -0.171. The van der Waals surface area contributed by atoms with Crippen LogP contribution in [0.5, 0.6) is 0 Å². The summed E-state index contributed by atoms with van der Waals surface area (Å²) >= 11 is 0. The van der Waals surface area contributed by atoms with Gasteiger partial charge in [0.15, 0.2) is 0 Å². The highest BCUT2D eigenvalue weighted by Gasteiger charge is 2.36. The van der Waals surface area contributed by atoms with Crippen LogP contribution in [0, 0.1) is 0 Å². The lowest BCUT2D eigenvalue weighted by Crippen LogP contribution is -2.55. The summed E-state index contributed by atoms with van der Waals surface area (Å²) in [6.45, 7) is 1.23. The van der Waals surface area contributed by atoms with Gasteiger partial charge in [-0.25, -0.2) is 0 Å². The minimum Gasteiger partial charge on any atom is -0.374 e. The van der Waals surface area contributed by atoms with Crippen LogP contribution in [-0.4, -0.2) is 41.1 Å². The lowest BCUT2D eigenvalue weighted by atomic mass is 9.90. The van der Waals surface area contributed by atoms with E-state index in [0.29, 0.717) is 18.7 Å². The van der Waals surface area contributed by atoms with Gasteiger partial charge in [0.2, 0.25) is 5.91 Å². The molecule has 4 rings (SSSR count). The van der Waals surface area contributed by atoms with E-state index in [1.807, 2.05) is 35.2 Å². The maximum atomic E-state index is 12.8. The SMILES string of the molecule is O=C(Cc1cc2ccccc2[nH]c1=O)N1CCO[C@H]2CCCC[C@@H]21. The number of pyridine rings is 1. The molecule has 1 N–H and O–H groups in total. The summed E-state index contributed by atoms with van der Waals surface area (Å²) in [5, 5.41) is 0.956. The van der Waals surface area contributed by atoms with E-state index in [1.165, 1.54) is 6.42 Å². The number of hydrogen-bond donors (Lipinski definition) is 1. The molecule has 2 aromatic rings. The van der Waals surface area contributed by atoms with E-state index >= 15 is 0 Å². The molecule has 24 heavy (non-hydrogen) atoms. The fourth-order valence-corrected chi connectivity index (χ4v) is 3.99. The van der Waals surface area contributed by atoms with Crippen LogP contribution < -0.4 is 5.56 Å². The van der Waals surface area contributed by atoms with Crippen molar-refractivity contribution in [1.82, 2.24) is 9.88 Å². The summed E-state index contributed by atoms with van der Waals surface area (Å²) < 4.78 is 5.83. The van der Waals surface area contributed by atoms with E-state index < -0.39 is 0 Å². The van der Waals surface area contributed by atoms with Gasteiger partial charge in [-0.3, -0.25) is 9.59 Å². The molecular formula is C19H22N2O3. The van der Waals surface area contributed by atoms with Gasteiger partial charge >= 0.3 is 0 Å². The molecular weight excluding hydrogens is 304 g/mol. The van der Waals surface area contributed by atoms with Gasteiger partial charge in [0.1, 0.15) is 0 Å². The van der Waals surface area contributed by atoms with Crippen molar-refractivity contribution in [2.75, 3.05) is 13.2 Å². The highest BCUT2D eigenvalue weighted by Crippen LogP contribution is 2.28. The first-order chi connectivity index (χ1) is 11.7. The van der Waals surface area contributed by atoms with Crippen molar-refractivity contribution in [3.05, 3.63) is 46.2 Å². The van der Waals surface area contributed by atoms with E-state index in [0.717, 1.165) is 30.2 Å². The molecule has 5 nitrogen and oxygen atoms in total. The van der Waals surface area contributed by atoms with Crippen LogP contribution in [-0.2, 0) is 16.0 Å². The average Bonchev–Trinajstić information content (AvgIpc) is 2.62. The van der Waals surface area contributed by atoms with Crippen LogP contribution >= 0.6 is 0 Å². The van der Waals surface area contributed by atoms with E-state index in [-0.39, 0.29) is 30.0 Å². The van der Waals surface area contributed by atoms with E-state index in [9.17, 15) is 9.59 Å². The Morgan fingerprint density at radius 1 is 1.25 bits per heavy atom. The second-order valence-corrected chi connectivity index (χ2v) is 6.74. The zero-order valence-corrected chi connectivity index (χ0v) is 13.7. The Bertz CT molecular complexity index is 812. The number of carbonyl (C=O) groups excluding carboxylic acids is 1. The summed E-state index contributed by atoms with van der Waals surface area (Å²) in [7, 11) is 0. The third-order valence-corrected chi connectivity index (χ3v) is 5.22. The van der Waals surface area contributed by atoms with Gasteiger partial charge in [0.25, 0.3) is 5.56 Å². The summed E-state index contributed by atoms with van der Waals surface area (Å²) in [4.78, 5) is 29.9. The van der Waals surface area contributed by atoms with Crippen LogP contribution in [0.25, 0.3) is 10.9 Å². The number of H-pyrrole nitrogens is 1. The molecule has 0 radical (unpaired) electrons. The number of morpholine rings is 1. The number of nitrogens with zero attached hydrogens (tertiary/aromatic N) is 1. The molecule has 0 unspecified atom stereocenters. The average molecular weight is 326 g/mol. The molecule has 1 amide bonds. The molecule has 2 atom stereocenters. The van der Waals surface area contributed by atoms with E-state index in [2.05, 4.69) is 4.98 Å². The van der Waals surface area contributed by atoms with Crippen LogP contribution in [0.1, 0.15) is 31.2 Å². The Balaban J connectivity index is 1.57. The van der Waals surface area contributed by atoms with Gasteiger partial charge in [-0.05, 0) is 30.4 Å². The third-order valence-electron chi connectivity index (χ3n) is 5.22. The second kappa shape index (κ2) is 6.40. The maximum Gasteiger partial charge on any atom is 0.252 e. The number of benzene rings is 1. The van der Waals surface area contributed by atoms with Gasteiger partial charge in [-0.2, -0.15) is 0 Å². The van der Waals surface area contributed by atoms with Gasteiger partial charge in [-0.15, -0.1) is 0 Å². The molecule has 126 valence electrons. The summed E-state index contributed by atoms with van der Waals surface area (Å²) in [6.07, 6.45) is 4.68. The van der Waals surface area contributed by atoms with Crippen molar-refractivity contribution in [3.8, 4) is 0 Å². The molecule has 2 heterocycles. The monoisotopic (exact) mass is 326 g/mol. The number of ether oxygens (including phenoxy) is 1. The molecule has 1 aliphatic heterocycles. The van der Waals surface area contributed by atoms with Gasteiger partial charge in [0.05, 0.1) is 25.2 Å². The molecule has 1 aromatic heterocycles. The van der Waals surface area contributed by atoms with Crippen LogP contribution in [0.15, 0.2) is 35.1 Å². The largest absolute Gasteiger partial charge is 0.374 e. The first-order valence-electron chi connectivity index (χ1n) is 8.74. The minimum absolute atomic E-state index is 0.0379. The first kappa shape index (κ1) is 15.4. The number of carbonyl (C=O) groups is 1. The zero-order valence-electron chi connectivity index (χ0n) is 13.7. The fraction of sp³-hybridized carbons (Fsp3) is 0.474. The Morgan fingerprint density at radius 2 is 2.08 bits per heavy atom. The molecule has 5 heteroatoms. The summed E-state index contributed by atoms with van der Waals surface area (Å²) in [5.74, 6) is 0.0379. The second-order valence-electron chi connectivity index (χ2n) is 6.74. The number of para-hydroxylation sites is 1. The number of rotatable bonds is 2. The molecule has 2 fully saturated rings. The normalized spacial score (nSPS) is 23.9. The highest BCUT2D eigenvalue weighted by atomic mass is 16.5. The fourth-order valence-electron chi connectivity index (χ4n) is 3.99. The number of fused-ring (bicyclic) bond motifs is 2. The molecule has 0 spiro atoms. The van der Waals surface area contributed by atoms with Crippen LogP contribution in [0.4, 0.5) is 0 Å². The van der Waals surface area contributed by atoms with E-state index in [4.69, 9.17) is 4.74 Å². The molecule has 1 aromatic carbocycles. The lowest BCUT2D eigenvalue weighted by molar-refractivity contribution is -0.148. The first-order valence-corrected chi connectivity index (χ1v) is 8.74. The Kier molecular flexibility index (Phi) is 4.10. The maximum absolute atomic E-state index is 12.8. The van der Waals surface area contributed by atoms with Gasteiger partial charge in [0, 0.05) is 17.6 Å².